The average molecular weight is 390 g/mol. The van der Waals surface area contributed by atoms with E-state index in [4.69, 9.17) is 0 Å². The minimum Gasteiger partial charge on any atom is -0.352 e. The lowest BCUT2D eigenvalue weighted by Crippen LogP contribution is -2.28. The standard InChI is InChI=1S/C27H23N3/c1-17-15-18(2)26(19(3)16-17)30-24-13-7-6-12-23(24)29-22-11-5-4-9-20(22)28-21-10-8-14-25(30)27(21)29/h4-16,28H,1-3H3. The molecule has 3 nitrogen and oxygen atoms in total. The van der Waals surface area contributed by atoms with Crippen LogP contribution in [0.2, 0.25) is 0 Å². The molecule has 30 heavy (non-hydrogen) atoms. The number of fused-ring (bicyclic) bond motifs is 4. The van der Waals surface area contributed by atoms with Crippen molar-refractivity contribution in [3.05, 3.63) is 95.6 Å². The van der Waals surface area contributed by atoms with Crippen LogP contribution in [-0.4, -0.2) is 0 Å². The molecule has 6 rings (SSSR count). The summed E-state index contributed by atoms with van der Waals surface area (Å²) in [7, 11) is 0. The molecule has 1 N–H and O–H groups in total. The minimum atomic E-state index is 1.13. The molecule has 2 heterocycles. The van der Waals surface area contributed by atoms with Gasteiger partial charge in [-0.1, -0.05) is 48.0 Å². The van der Waals surface area contributed by atoms with Gasteiger partial charge in [-0.05, 0) is 68.3 Å². The van der Waals surface area contributed by atoms with Crippen LogP contribution in [0.5, 0.6) is 0 Å². The number of aryl methyl sites for hydroxylation is 3. The lowest BCUT2D eigenvalue weighted by atomic mass is 9.97. The molecule has 0 atom stereocenters. The van der Waals surface area contributed by atoms with Gasteiger partial charge >= 0.3 is 0 Å². The Morgan fingerprint density at radius 3 is 1.77 bits per heavy atom. The minimum absolute atomic E-state index is 1.13. The summed E-state index contributed by atoms with van der Waals surface area (Å²) in [6.45, 7) is 6.60. The summed E-state index contributed by atoms with van der Waals surface area (Å²) in [6, 6.07) is 28.4. The van der Waals surface area contributed by atoms with Crippen LogP contribution < -0.4 is 15.1 Å². The van der Waals surface area contributed by atoms with Crippen molar-refractivity contribution < 1.29 is 0 Å². The van der Waals surface area contributed by atoms with E-state index in [1.54, 1.807) is 0 Å². The average Bonchev–Trinajstić information content (AvgIpc) is 2.74. The maximum Gasteiger partial charge on any atom is 0.0942 e. The Hall–Kier alpha value is -3.72. The Bertz CT molecular complexity index is 1300. The number of anilines is 8. The third-order valence-electron chi connectivity index (χ3n) is 6.12. The molecular weight excluding hydrogens is 366 g/mol. The Morgan fingerprint density at radius 1 is 0.533 bits per heavy atom. The molecule has 0 amide bonds. The fourth-order valence-electron chi connectivity index (χ4n) is 5.08. The van der Waals surface area contributed by atoms with Crippen LogP contribution in [0.1, 0.15) is 16.7 Å². The van der Waals surface area contributed by atoms with Crippen molar-refractivity contribution in [2.24, 2.45) is 0 Å². The van der Waals surface area contributed by atoms with E-state index in [1.807, 2.05) is 0 Å². The molecular formula is C27H23N3. The molecule has 3 heteroatoms. The lowest BCUT2D eigenvalue weighted by molar-refractivity contribution is 1.13. The van der Waals surface area contributed by atoms with Crippen molar-refractivity contribution in [1.29, 1.82) is 0 Å². The van der Waals surface area contributed by atoms with E-state index in [0.29, 0.717) is 0 Å². The smallest absolute Gasteiger partial charge is 0.0942 e. The van der Waals surface area contributed by atoms with Gasteiger partial charge in [-0.2, -0.15) is 0 Å². The maximum absolute atomic E-state index is 3.65. The second-order valence-corrected chi connectivity index (χ2v) is 8.22. The number of para-hydroxylation sites is 5. The number of benzene rings is 4. The number of nitrogens with one attached hydrogen (secondary N) is 1. The first kappa shape index (κ1) is 17.2. The van der Waals surface area contributed by atoms with Gasteiger partial charge < -0.3 is 15.1 Å². The van der Waals surface area contributed by atoms with Crippen LogP contribution in [0.15, 0.2) is 78.9 Å². The highest BCUT2D eigenvalue weighted by molar-refractivity contribution is 6.10. The number of hydrogen-bond acceptors (Lipinski definition) is 3. The van der Waals surface area contributed by atoms with Crippen molar-refractivity contribution in [2.45, 2.75) is 20.8 Å². The van der Waals surface area contributed by atoms with Gasteiger partial charge in [0.05, 0.1) is 45.5 Å². The Morgan fingerprint density at radius 2 is 1.07 bits per heavy atom. The molecule has 0 aromatic heterocycles. The fourth-order valence-corrected chi connectivity index (χ4v) is 5.08. The normalized spacial score (nSPS) is 13.3. The van der Waals surface area contributed by atoms with Gasteiger partial charge in [0, 0.05) is 0 Å². The highest BCUT2D eigenvalue weighted by Gasteiger charge is 2.36. The molecule has 0 radical (unpaired) electrons. The molecule has 2 aliphatic rings. The molecule has 0 aliphatic carbocycles. The first-order valence-electron chi connectivity index (χ1n) is 10.4. The highest BCUT2D eigenvalue weighted by atomic mass is 15.3. The largest absolute Gasteiger partial charge is 0.352 e. The zero-order valence-corrected chi connectivity index (χ0v) is 17.4. The zero-order valence-electron chi connectivity index (χ0n) is 17.4. The Labute approximate surface area is 177 Å². The highest BCUT2D eigenvalue weighted by Crippen LogP contribution is 2.60. The topological polar surface area (TPSA) is 18.5 Å². The summed E-state index contributed by atoms with van der Waals surface area (Å²) in [5.41, 5.74) is 13.4. The van der Waals surface area contributed by atoms with E-state index in [2.05, 4.69) is 115 Å². The molecule has 0 fully saturated rings. The molecule has 0 spiro atoms. The summed E-state index contributed by atoms with van der Waals surface area (Å²) in [5.74, 6) is 0. The lowest BCUT2D eigenvalue weighted by Gasteiger charge is -2.44. The zero-order chi connectivity index (χ0) is 20.4. The molecule has 4 aromatic rings. The summed E-state index contributed by atoms with van der Waals surface area (Å²) in [6.07, 6.45) is 0. The number of rotatable bonds is 1. The molecule has 146 valence electrons. The van der Waals surface area contributed by atoms with E-state index in [0.717, 1.165) is 11.4 Å². The predicted molar refractivity (Wildman–Crippen MR) is 127 cm³/mol. The molecule has 4 aromatic carbocycles. The van der Waals surface area contributed by atoms with Crippen molar-refractivity contribution >= 4 is 45.5 Å². The molecule has 0 unspecified atom stereocenters. The van der Waals surface area contributed by atoms with Gasteiger partial charge in [0.15, 0.2) is 0 Å². The van der Waals surface area contributed by atoms with Crippen LogP contribution in [0.4, 0.5) is 45.5 Å². The van der Waals surface area contributed by atoms with Gasteiger partial charge in [-0.3, -0.25) is 0 Å². The van der Waals surface area contributed by atoms with Gasteiger partial charge in [0.2, 0.25) is 0 Å². The van der Waals surface area contributed by atoms with E-state index < -0.39 is 0 Å². The monoisotopic (exact) mass is 389 g/mol. The van der Waals surface area contributed by atoms with Crippen LogP contribution >= 0.6 is 0 Å². The van der Waals surface area contributed by atoms with Crippen LogP contribution in [0.25, 0.3) is 0 Å². The quantitative estimate of drug-likeness (QED) is 0.308. The van der Waals surface area contributed by atoms with Crippen LogP contribution in [0.3, 0.4) is 0 Å². The van der Waals surface area contributed by atoms with E-state index >= 15 is 0 Å². The van der Waals surface area contributed by atoms with Crippen molar-refractivity contribution in [2.75, 3.05) is 15.1 Å². The second-order valence-electron chi connectivity index (χ2n) is 8.22. The molecule has 0 saturated heterocycles. The number of nitrogens with zero attached hydrogens (tertiary/aromatic N) is 2. The molecule has 0 bridgehead atoms. The SMILES string of the molecule is Cc1cc(C)c(N2c3ccccc3N3c4ccccc4Nc4cccc2c43)c(C)c1. The summed E-state index contributed by atoms with van der Waals surface area (Å²) in [4.78, 5) is 4.84. The number of hydrogen-bond donors (Lipinski definition) is 1. The Kier molecular flexibility index (Phi) is 3.51. The second kappa shape index (κ2) is 6.14. The Balaban J connectivity index is 1.71. The van der Waals surface area contributed by atoms with Gasteiger partial charge in [-0.25, -0.2) is 0 Å². The first-order valence-corrected chi connectivity index (χ1v) is 10.4. The van der Waals surface area contributed by atoms with E-state index in [-0.39, 0.29) is 0 Å². The van der Waals surface area contributed by atoms with Crippen molar-refractivity contribution in [3.8, 4) is 0 Å². The van der Waals surface area contributed by atoms with Gasteiger partial charge in [-0.15, -0.1) is 0 Å². The van der Waals surface area contributed by atoms with Crippen molar-refractivity contribution in [1.82, 2.24) is 0 Å². The first-order chi connectivity index (χ1) is 14.6. The van der Waals surface area contributed by atoms with Crippen LogP contribution in [-0.2, 0) is 0 Å². The maximum atomic E-state index is 3.65. The molecule has 2 aliphatic heterocycles. The summed E-state index contributed by atoms with van der Waals surface area (Å²) < 4.78 is 0. The predicted octanol–water partition coefficient (Wildman–Crippen LogP) is 7.92. The van der Waals surface area contributed by atoms with Crippen molar-refractivity contribution in [3.63, 3.8) is 0 Å². The molecule has 0 saturated carbocycles. The van der Waals surface area contributed by atoms with E-state index in [1.165, 1.54) is 50.8 Å². The third kappa shape index (κ3) is 2.26. The third-order valence-corrected chi connectivity index (χ3v) is 6.12. The fraction of sp³-hybridized carbons (Fsp3) is 0.111. The van der Waals surface area contributed by atoms with Gasteiger partial charge in [0.1, 0.15) is 0 Å². The van der Waals surface area contributed by atoms with E-state index in [9.17, 15) is 0 Å². The summed E-state index contributed by atoms with van der Waals surface area (Å²) in [5, 5.41) is 3.65. The van der Waals surface area contributed by atoms with Gasteiger partial charge in [0.25, 0.3) is 0 Å². The summed E-state index contributed by atoms with van der Waals surface area (Å²) >= 11 is 0. The van der Waals surface area contributed by atoms with Crippen LogP contribution in [0, 0.1) is 20.8 Å².